The smallest absolute Gasteiger partial charge is 0.186 e. The molecule has 1 aliphatic rings. The van der Waals surface area contributed by atoms with Crippen LogP contribution in [0.1, 0.15) is 55.0 Å². The number of hydrogen-bond acceptors (Lipinski definition) is 3. The predicted molar refractivity (Wildman–Crippen MR) is 76.6 cm³/mol. The highest BCUT2D eigenvalue weighted by Gasteiger charge is 2.25. The molecule has 0 spiro atoms. The summed E-state index contributed by atoms with van der Waals surface area (Å²) in [5.41, 5.74) is 3.69. The maximum Gasteiger partial charge on any atom is 0.186 e. The van der Waals surface area contributed by atoms with E-state index in [2.05, 4.69) is 35.4 Å². The Morgan fingerprint density at radius 1 is 1.15 bits per heavy atom. The van der Waals surface area contributed by atoms with Crippen LogP contribution in [0.3, 0.4) is 0 Å². The summed E-state index contributed by atoms with van der Waals surface area (Å²) in [5, 5.41) is 17.6. The lowest BCUT2D eigenvalue weighted by atomic mass is 9.86. The van der Waals surface area contributed by atoms with Crippen molar-refractivity contribution in [3.8, 4) is 11.8 Å². The molecule has 0 atom stereocenters. The van der Waals surface area contributed by atoms with Gasteiger partial charge in [-0.05, 0) is 31.9 Å². The van der Waals surface area contributed by atoms with E-state index in [9.17, 15) is 5.26 Å². The van der Waals surface area contributed by atoms with Crippen molar-refractivity contribution in [2.75, 3.05) is 0 Å². The van der Waals surface area contributed by atoms with Crippen molar-refractivity contribution in [3.63, 3.8) is 0 Å². The number of aromatic nitrogens is 3. The molecule has 4 heteroatoms. The van der Waals surface area contributed by atoms with Gasteiger partial charge in [0, 0.05) is 5.92 Å². The van der Waals surface area contributed by atoms with E-state index in [0.717, 1.165) is 24.2 Å². The Hall–Kier alpha value is -2.15. The molecule has 3 rings (SSSR count). The summed E-state index contributed by atoms with van der Waals surface area (Å²) in [5.74, 6) is 0.412. The molecule has 1 saturated carbocycles. The molecular formula is C16H18N4. The highest BCUT2D eigenvalue weighted by molar-refractivity contribution is 5.39. The Balaban J connectivity index is 2.05. The number of nitriles is 1. The molecule has 0 bridgehead atoms. The first-order valence-electron chi connectivity index (χ1n) is 7.22. The van der Waals surface area contributed by atoms with Crippen LogP contribution in [0.2, 0.25) is 0 Å². The van der Waals surface area contributed by atoms with Crippen molar-refractivity contribution in [1.82, 2.24) is 15.0 Å². The standard InChI is InChI=1S/C16H18N4/c1-12-7-9-14(10-8-12)20-16(15(11-17)18-19-20)13-5-3-2-4-6-13/h7-10,13H,2-6H2,1H3. The molecule has 0 saturated heterocycles. The van der Waals surface area contributed by atoms with Gasteiger partial charge in [-0.2, -0.15) is 5.26 Å². The zero-order valence-corrected chi connectivity index (χ0v) is 11.7. The topological polar surface area (TPSA) is 54.5 Å². The fourth-order valence-electron chi connectivity index (χ4n) is 2.99. The Morgan fingerprint density at radius 3 is 2.50 bits per heavy atom. The first-order chi connectivity index (χ1) is 9.79. The second kappa shape index (κ2) is 5.46. The first-order valence-corrected chi connectivity index (χ1v) is 7.22. The molecule has 0 aliphatic heterocycles. The monoisotopic (exact) mass is 266 g/mol. The molecule has 20 heavy (non-hydrogen) atoms. The Kier molecular flexibility index (Phi) is 3.51. The van der Waals surface area contributed by atoms with E-state index in [0.29, 0.717) is 11.6 Å². The zero-order valence-electron chi connectivity index (χ0n) is 11.7. The summed E-state index contributed by atoms with van der Waals surface area (Å²) in [6.45, 7) is 2.06. The molecule has 0 N–H and O–H groups in total. The Bertz CT molecular complexity index is 627. The van der Waals surface area contributed by atoms with Gasteiger partial charge in [0.1, 0.15) is 6.07 Å². The van der Waals surface area contributed by atoms with Gasteiger partial charge in [-0.15, -0.1) is 5.10 Å². The van der Waals surface area contributed by atoms with Crippen LogP contribution in [-0.2, 0) is 0 Å². The van der Waals surface area contributed by atoms with Crippen molar-refractivity contribution in [2.45, 2.75) is 44.9 Å². The second-order valence-corrected chi connectivity index (χ2v) is 5.52. The highest BCUT2D eigenvalue weighted by Crippen LogP contribution is 2.34. The van der Waals surface area contributed by atoms with Crippen LogP contribution in [0.5, 0.6) is 0 Å². The van der Waals surface area contributed by atoms with E-state index in [4.69, 9.17) is 0 Å². The molecule has 1 aromatic heterocycles. The molecule has 0 radical (unpaired) electrons. The van der Waals surface area contributed by atoms with Crippen molar-refractivity contribution < 1.29 is 0 Å². The van der Waals surface area contributed by atoms with Crippen LogP contribution in [0.25, 0.3) is 5.69 Å². The quantitative estimate of drug-likeness (QED) is 0.836. The minimum absolute atomic E-state index is 0.412. The average molecular weight is 266 g/mol. The SMILES string of the molecule is Cc1ccc(-n2nnc(C#N)c2C2CCCCC2)cc1. The first kappa shape index (κ1) is 12.9. The van der Waals surface area contributed by atoms with Crippen LogP contribution in [0, 0.1) is 18.3 Å². The van der Waals surface area contributed by atoms with E-state index < -0.39 is 0 Å². The van der Waals surface area contributed by atoms with E-state index in [1.807, 2.05) is 16.8 Å². The van der Waals surface area contributed by atoms with Crippen LogP contribution >= 0.6 is 0 Å². The molecule has 2 aromatic rings. The third-order valence-electron chi connectivity index (χ3n) is 4.08. The summed E-state index contributed by atoms with van der Waals surface area (Å²) in [6.07, 6.45) is 6.02. The summed E-state index contributed by atoms with van der Waals surface area (Å²) in [6, 6.07) is 10.4. The number of benzene rings is 1. The number of rotatable bonds is 2. The third-order valence-corrected chi connectivity index (χ3v) is 4.08. The maximum absolute atomic E-state index is 9.29. The van der Waals surface area contributed by atoms with Crippen molar-refractivity contribution in [3.05, 3.63) is 41.2 Å². The van der Waals surface area contributed by atoms with Crippen molar-refractivity contribution in [1.29, 1.82) is 5.26 Å². The van der Waals surface area contributed by atoms with Gasteiger partial charge in [-0.25, -0.2) is 4.68 Å². The molecule has 1 aromatic carbocycles. The maximum atomic E-state index is 9.29. The normalized spacial score (nSPS) is 16.0. The van der Waals surface area contributed by atoms with Gasteiger partial charge in [0.15, 0.2) is 5.69 Å². The van der Waals surface area contributed by atoms with Crippen molar-refractivity contribution in [2.24, 2.45) is 0 Å². The van der Waals surface area contributed by atoms with E-state index >= 15 is 0 Å². The van der Waals surface area contributed by atoms with Gasteiger partial charge in [0.25, 0.3) is 0 Å². The van der Waals surface area contributed by atoms with E-state index in [-0.39, 0.29) is 0 Å². The van der Waals surface area contributed by atoms with E-state index in [1.165, 1.54) is 24.8 Å². The average Bonchev–Trinajstić information content (AvgIpc) is 2.93. The number of hydrogen-bond donors (Lipinski definition) is 0. The number of nitrogens with zero attached hydrogens (tertiary/aromatic N) is 4. The van der Waals surface area contributed by atoms with Crippen LogP contribution < -0.4 is 0 Å². The molecule has 1 fully saturated rings. The molecule has 1 heterocycles. The summed E-state index contributed by atoms with van der Waals surface area (Å²) < 4.78 is 1.86. The fraction of sp³-hybridized carbons (Fsp3) is 0.438. The second-order valence-electron chi connectivity index (χ2n) is 5.52. The third kappa shape index (κ3) is 2.32. The number of aryl methyl sites for hydroxylation is 1. The largest absolute Gasteiger partial charge is 0.216 e. The van der Waals surface area contributed by atoms with Gasteiger partial charge in [0.05, 0.1) is 11.4 Å². The van der Waals surface area contributed by atoms with Gasteiger partial charge in [-0.1, -0.05) is 42.2 Å². The van der Waals surface area contributed by atoms with Crippen molar-refractivity contribution >= 4 is 0 Å². The Labute approximate surface area is 119 Å². The molecule has 4 nitrogen and oxygen atoms in total. The lowest BCUT2D eigenvalue weighted by molar-refractivity contribution is 0.429. The molecular weight excluding hydrogens is 248 g/mol. The van der Waals surface area contributed by atoms with Gasteiger partial charge >= 0.3 is 0 Å². The molecule has 102 valence electrons. The summed E-state index contributed by atoms with van der Waals surface area (Å²) >= 11 is 0. The van der Waals surface area contributed by atoms with Gasteiger partial charge in [0.2, 0.25) is 0 Å². The zero-order chi connectivity index (χ0) is 13.9. The highest BCUT2D eigenvalue weighted by atomic mass is 15.4. The van der Waals surface area contributed by atoms with Crippen LogP contribution in [0.15, 0.2) is 24.3 Å². The van der Waals surface area contributed by atoms with Gasteiger partial charge in [-0.3, -0.25) is 0 Å². The summed E-state index contributed by atoms with van der Waals surface area (Å²) in [4.78, 5) is 0. The predicted octanol–water partition coefficient (Wildman–Crippen LogP) is 3.50. The van der Waals surface area contributed by atoms with Gasteiger partial charge < -0.3 is 0 Å². The lowest BCUT2D eigenvalue weighted by Gasteiger charge is -2.22. The minimum Gasteiger partial charge on any atom is -0.216 e. The Morgan fingerprint density at radius 2 is 1.85 bits per heavy atom. The van der Waals surface area contributed by atoms with E-state index in [1.54, 1.807) is 0 Å². The lowest BCUT2D eigenvalue weighted by Crippen LogP contribution is -2.12. The fourth-order valence-corrected chi connectivity index (χ4v) is 2.99. The van der Waals surface area contributed by atoms with Crippen LogP contribution in [0.4, 0.5) is 0 Å². The molecule has 0 amide bonds. The van der Waals surface area contributed by atoms with Crippen LogP contribution in [-0.4, -0.2) is 15.0 Å². The minimum atomic E-state index is 0.412. The molecule has 1 aliphatic carbocycles. The molecule has 0 unspecified atom stereocenters. The summed E-state index contributed by atoms with van der Waals surface area (Å²) in [7, 11) is 0.